The van der Waals surface area contributed by atoms with Crippen LogP contribution in [0.3, 0.4) is 0 Å². The molecule has 0 saturated carbocycles. The van der Waals surface area contributed by atoms with Gasteiger partial charge in [-0.15, -0.1) is 0 Å². The van der Waals surface area contributed by atoms with E-state index in [1.807, 2.05) is 6.92 Å². The van der Waals surface area contributed by atoms with Crippen LogP contribution in [0.5, 0.6) is 0 Å². The predicted octanol–water partition coefficient (Wildman–Crippen LogP) is 0.256. The van der Waals surface area contributed by atoms with Gasteiger partial charge in [-0.1, -0.05) is 13.3 Å². The minimum absolute atomic E-state index is 0.118. The number of nitrogens with one attached hydrogen (secondary N) is 2. The second kappa shape index (κ2) is 12.8. The highest BCUT2D eigenvalue weighted by Crippen LogP contribution is 2.05. The van der Waals surface area contributed by atoms with Gasteiger partial charge in [0.15, 0.2) is 0 Å². The number of primary amides is 1. The van der Waals surface area contributed by atoms with Gasteiger partial charge >= 0.3 is 5.97 Å². The van der Waals surface area contributed by atoms with Crippen LogP contribution in [0.1, 0.15) is 65.2 Å². The summed E-state index contributed by atoms with van der Waals surface area (Å²) >= 11 is 0. The Labute approximate surface area is 153 Å². The summed E-state index contributed by atoms with van der Waals surface area (Å²) in [5.41, 5.74) is 5.14. The first-order valence-electron chi connectivity index (χ1n) is 8.79. The van der Waals surface area contributed by atoms with E-state index in [2.05, 4.69) is 10.6 Å². The Balaban J connectivity index is 4.18. The van der Waals surface area contributed by atoms with E-state index in [0.717, 1.165) is 12.8 Å². The molecule has 0 bridgehead atoms. The van der Waals surface area contributed by atoms with Gasteiger partial charge in [-0.3, -0.25) is 24.0 Å². The van der Waals surface area contributed by atoms with E-state index in [9.17, 15) is 24.0 Å². The zero-order valence-electron chi connectivity index (χ0n) is 15.4. The largest absolute Gasteiger partial charge is 0.481 e. The van der Waals surface area contributed by atoms with Crippen LogP contribution in [0.15, 0.2) is 0 Å². The Morgan fingerprint density at radius 2 is 1.58 bits per heavy atom. The lowest BCUT2D eigenvalue weighted by atomic mass is 10.1. The van der Waals surface area contributed by atoms with Crippen molar-refractivity contribution in [3.05, 3.63) is 0 Å². The van der Waals surface area contributed by atoms with Crippen molar-refractivity contribution >= 4 is 29.5 Å². The first-order chi connectivity index (χ1) is 12.2. The van der Waals surface area contributed by atoms with Crippen LogP contribution < -0.4 is 16.4 Å². The van der Waals surface area contributed by atoms with E-state index >= 15 is 0 Å². The summed E-state index contributed by atoms with van der Waals surface area (Å²) in [7, 11) is 0. The molecule has 0 aromatic rings. The van der Waals surface area contributed by atoms with Crippen LogP contribution in [-0.4, -0.2) is 46.7 Å². The molecule has 0 aromatic heterocycles. The average molecular weight is 371 g/mol. The number of carboxylic acids is 1. The number of amides is 3. The van der Waals surface area contributed by atoms with Crippen molar-refractivity contribution in [2.24, 2.45) is 5.73 Å². The standard InChI is InChI=1S/C17H29N3O6/c1-3-12(21)7-5-4-6-8-14(22)19-11(2)17(26)20-13(16(18)25)9-10-15(23)24/h11,13H,3-10H2,1-2H3,(H2,18,25)(H,19,22)(H,20,26)(H,23,24)/t11-,13+/m0/s1. The minimum atomic E-state index is -1.10. The number of nitrogens with two attached hydrogens (primary N) is 1. The Morgan fingerprint density at radius 1 is 0.962 bits per heavy atom. The number of aliphatic carboxylic acids is 1. The minimum Gasteiger partial charge on any atom is -0.481 e. The number of carbonyl (C=O) groups is 5. The number of ketones is 1. The third-order valence-corrected chi connectivity index (χ3v) is 3.83. The van der Waals surface area contributed by atoms with Crippen molar-refractivity contribution in [1.29, 1.82) is 0 Å². The lowest BCUT2D eigenvalue weighted by molar-refractivity contribution is -0.137. The molecule has 2 atom stereocenters. The Hall–Kier alpha value is -2.45. The molecule has 0 aromatic carbocycles. The molecule has 0 aliphatic heterocycles. The normalized spacial score (nSPS) is 12.7. The molecule has 26 heavy (non-hydrogen) atoms. The van der Waals surface area contributed by atoms with Crippen molar-refractivity contribution in [1.82, 2.24) is 10.6 Å². The number of carbonyl (C=O) groups excluding carboxylic acids is 4. The molecule has 0 rings (SSSR count). The van der Waals surface area contributed by atoms with Crippen molar-refractivity contribution in [2.45, 2.75) is 77.3 Å². The Kier molecular flexibility index (Phi) is 11.6. The SMILES string of the molecule is CCC(=O)CCCCCC(=O)N[C@@H](C)C(=O)N[C@H](CCC(=O)O)C(N)=O. The first-order valence-corrected chi connectivity index (χ1v) is 8.79. The summed E-state index contributed by atoms with van der Waals surface area (Å²) in [5.74, 6) is -2.66. The van der Waals surface area contributed by atoms with Gasteiger partial charge in [0.25, 0.3) is 0 Å². The number of hydrogen-bond donors (Lipinski definition) is 4. The van der Waals surface area contributed by atoms with Crippen LogP contribution in [0.2, 0.25) is 0 Å². The Morgan fingerprint density at radius 3 is 2.12 bits per heavy atom. The van der Waals surface area contributed by atoms with Gasteiger partial charge in [-0.25, -0.2) is 0 Å². The quantitative estimate of drug-likeness (QED) is 0.321. The molecule has 0 aliphatic rings. The van der Waals surface area contributed by atoms with Crippen LogP contribution >= 0.6 is 0 Å². The number of carboxylic acid groups (broad SMARTS) is 1. The Bertz CT molecular complexity index is 521. The maximum Gasteiger partial charge on any atom is 0.303 e. The maximum absolute atomic E-state index is 12.0. The molecule has 148 valence electrons. The van der Waals surface area contributed by atoms with Gasteiger partial charge in [0.05, 0.1) is 0 Å². The maximum atomic E-state index is 12.0. The van der Waals surface area contributed by atoms with Gasteiger partial charge in [0.2, 0.25) is 17.7 Å². The van der Waals surface area contributed by atoms with Gasteiger partial charge in [0.1, 0.15) is 17.9 Å². The zero-order chi connectivity index (χ0) is 20.1. The number of rotatable bonds is 14. The number of Topliss-reactive ketones (excluding diaryl/α,β-unsaturated/α-hetero) is 1. The summed E-state index contributed by atoms with van der Waals surface area (Å²) in [6.07, 6.45) is 2.94. The fraction of sp³-hybridized carbons (Fsp3) is 0.706. The molecule has 9 heteroatoms. The summed E-state index contributed by atoms with van der Waals surface area (Å²) < 4.78 is 0. The highest BCUT2D eigenvalue weighted by molar-refractivity contribution is 5.91. The van der Waals surface area contributed by atoms with E-state index in [1.165, 1.54) is 6.92 Å². The van der Waals surface area contributed by atoms with E-state index in [1.54, 1.807) is 0 Å². The van der Waals surface area contributed by atoms with Crippen LogP contribution in [-0.2, 0) is 24.0 Å². The van der Waals surface area contributed by atoms with E-state index in [-0.39, 0.29) is 31.0 Å². The number of hydrogen-bond acceptors (Lipinski definition) is 5. The molecule has 3 amide bonds. The molecule has 0 heterocycles. The topological polar surface area (TPSA) is 156 Å². The second-order valence-electron chi connectivity index (χ2n) is 6.14. The zero-order valence-corrected chi connectivity index (χ0v) is 15.4. The van der Waals surface area contributed by atoms with Crippen LogP contribution in [0, 0.1) is 0 Å². The molecule has 0 aliphatic carbocycles. The third kappa shape index (κ3) is 11.2. The molecular weight excluding hydrogens is 342 g/mol. The summed E-state index contributed by atoms with van der Waals surface area (Å²) in [4.78, 5) is 56.8. The van der Waals surface area contributed by atoms with Gasteiger partial charge in [0, 0.05) is 25.7 Å². The van der Waals surface area contributed by atoms with E-state index in [0.29, 0.717) is 19.3 Å². The molecule has 0 spiro atoms. The van der Waals surface area contributed by atoms with Gasteiger partial charge in [-0.2, -0.15) is 0 Å². The lowest BCUT2D eigenvalue weighted by Crippen LogP contribution is -2.51. The smallest absolute Gasteiger partial charge is 0.303 e. The van der Waals surface area contributed by atoms with E-state index in [4.69, 9.17) is 10.8 Å². The molecule has 9 nitrogen and oxygen atoms in total. The number of unbranched alkanes of at least 4 members (excludes halogenated alkanes) is 2. The fourth-order valence-corrected chi connectivity index (χ4v) is 2.19. The van der Waals surface area contributed by atoms with Crippen molar-refractivity contribution in [3.63, 3.8) is 0 Å². The van der Waals surface area contributed by atoms with Crippen molar-refractivity contribution in [2.75, 3.05) is 0 Å². The lowest BCUT2D eigenvalue weighted by Gasteiger charge is -2.19. The highest BCUT2D eigenvalue weighted by Gasteiger charge is 2.23. The molecule has 0 saturated heterocycles. The second-order valence-corrected chi connectivity index (χ2v) is 6.14. The van der Waals surface area contributed by atoms with Gasteiger partial charge < -0.3 is 21.5 Å². The summed E-state index contributed by atoms with van der Waals surface area (Å²) in [6.45, 7) is 3.27. The first kappa shape index (κ1) is 23.5. The fourth-order valence-electron chi connectivity index (χ4n) is 2.19. The summed E-state index contributed by atoms with van der Waals surface area (Å²) in [5, 5.41) is 13.5. The molecule has 0 unspecified atom stereocenters. The van der Waals surface area contributed by atoms with Crippen LogP contribution in [0.25, 0.3) is 0 Å². The van der Waals surface area contributed by atoms with E-state index < -0.39 is 29.9 Å². The average Bonchev–Trinajstić information content (AvgIpc) is 2.57. The molecule has 5 N–H and O–H groups in total. The predicted molar refractivity (Wildman–Crippen MR) is 94.0 cm³/mol. The van der Waals surface area contributed by atoms with Crippen molar-refractivity contribution in [3.8, 4) is 0 Å². The molecule has 0 radical (unpaired) electrons. The molecule has 0 fully saturated rings. The summed E-state index contributed by atoms with van der Waals surface area (Å²) in [6, 6.07) is -1.98. The molecular formula is C17H29N3O6. The highest BCUT2D eigenvalue weighted by atomic mass is 16.4. The van der Waals surface area contributed by atoms with Crippen molar-refractivity contribution < 1.29 is 29.1 Å². The van der Waals surface area contributed by atoms with Gasteiger partial charge in [-0.05, 0) is 26.2 Å². The third-order valence-electron chi connectivity index (χ3n) is 3.83. The van der Waals surface area contributed by atoms with Crippen LogP contribution in [0.4, 0.5) is 0 Å². The monoisotopic (exact) mass is 371 g/mol.